The van der Waals surface area contributed by atoms with Gasteiger partial charge >= 0.3 is 5.97 Å². The number of halogens is 1. The van der Waals surface area contributed by atoms with Gasteiger partial charge in [-0.15, -0.1) is 0 Å². The third-order valence-corrected chi connectivity index (χ3v) is 5.26. The van der Waals surface area contributed by atoms with Crippen molar-refractivity contribution in [2.45, 2.75) is 6.92 Å². The monoisotopic (exact) mass is 480 g/mol. The Labute approximate surface area is 186 Å². The van der Waals surface area contributed by atoms with E-state index in [2.05, 4.69) is 15.9 Å². The topological polar surface area (TPSA) is 75.0 Å². The Kier molecular flexibility index (Phi) is 5.77. The van der Waals surface area contributed by atoms with Gasteiger partial charge in [0.1, 0.15) is 17.1 Å². The van der Waals surface area contributed by atoms with Gasteiger partial charge in [-0.2, -0.15) is 0 Å². The minimum atomic E-state index is -0.526. The second-order valence-corrected chi connectivity index (χ2v) is 7.45. The van der Waals surface area contributed by atoms with Gasteiger partial charge in [-0.3, -0.25) is 4.79 Å². The van der Waals surface area contributed by atoms with E-state index in [1.807, 2.05) is 0 Å². The molecule has 4 aromatic rings. The van der Waals surface area contributed by atoms with E-state index >= 15 is 0 Å². The number of para-hydroxylation sites is 2. The molecule has 7 heteroatoms. The van der Waals surface area contributed by atoms with Gasteiger partial charge in [0.15, 0.2) is 11.5 Å². The maximum Gasteiger partial charge on any atom is 0.344 e. The lowest BCUT2D eigenvalue weighted by atomic mass is 10.2. The van der Waals surface area contributed by atoms with Crippen molar-refractivity contribution in [3.63, 3.8) is 0 Å². The molecule has 4 rings (SSSR count). The van der Waals surface area contributed by atoms with Gasteiger partial charge in [0.05, 0.1) is 18.1 Å². The zero-order valence-electron chi connectivity index (χ0n) is 16.7. The molecule has 0 spiro atoms. The molecular weight excluding hydrogens is 464 g/mol. The first-order valence-electron chi connectivity index (χ1n) is 9.33. The highest BCUT2D eigenvalue weighted by molar-refractivity contribution is 9.10. The maximum atomic E-state index is 13.0. The van der Waals surface area contributed by atoms with Gasteiger partial charge < -0.3 is 18.6 Å². The Morgan fingerprint density at radius 2 is 1.68 bits per heavy atom. The normalized spacial score (nSPS) is 10.7. The van der Waals surface area contributed by atoms with Crippen LogP contribution < -0.4 is 19.6 Å². The lowest BCUT2D eigenvalue weighted by molar-refractivity contribution is 0.0734. The van der Waals surface area contributed by atoms with Crippen LogP contribution in [0.5, 0.6) is 23.0 Å². The number of fused-ring (bicyclic) bond motifs is 1. The largest absolute Gasteiger partial charge is 0.493 e. The molecule has 0 saturated carbocycles. The zero-order chi connectivity index (χ0) is 22.0. The molecule has 0 aliphatic heterocycles. The maximum absolute atomic E-state index is 13.0. The van der Waals surface area contributed by atoms with Crippen LogP contribution >= 0.6 is 15.9 Å². The second kappa shape index (κ2) is 8.65. The predicted molar refractivity (Wildman–Crippen MR) is 119 cm³/mol. The van der Waals surface area contributed by atoms with E-state index in [-0.39, 0.29) is 28.3 Å². The molecule has 0 atom stereocenters. The van der Waals surface area contributed by atoms with E-state index < -0.39 is 5.97 Å². The van der Waals surface area contributed by atoms with Crippen molar-refractivity contribution < 1.29 is 23.4 Å². The van der Waals surface area contributed by atoms with Crippen LogP contribution in [0, 0.1) is 6.92 Å². The molecule has 3 aromatic carbocycles. The van der Waals surface area contributed by atoms with Gasteiger partial charge in [-0.1, -0.05) is 24.3 Å². The molecule has 0 saturated heterocycles. The summed E-state index contributed by atoms with van der Waals surface area (Å²) < 4.78 is 23.0. The average Bonchev–Trinajstić information content (AvgIpc) is 2.77. The summed E-state index contributed by atoms with van der Waals surface area (Å²) in [6.45, 7) is 1.63. The highest BCUT2D eigenvalue weighted by Crippen LogP contribution is 2.32. The van der Waals surface area contributed by atoms with Crippen LogP contribution in [-0.2, 0) is 0 Å². The highest BCUT2D eigenvalue weighted by atomic mass is 79.9. The molecule has 0 aliphatic rings. The van der Waals surface area contributed by atoms with E-state index in [4.69, 9.17) is 18.6 Å². The smallest absolute Gasteiger partial charge is 0.344 e. The van der Waals surface area contributed by atoms with Crippen LogP contribution in [0.2, 0.25) is 0 Å². The summed E-state index contributed by atoms with van der Waals surface area (Å²) in [6, 6.07) is 18.6. The molecule has 0 aliphatic carbocycles. The number of ether oxygens (including phenoxy) is 3. The number of hydrogen-bond acceptors (Lipinski definition) is 6. The summed E-state index contributed by atoms with van der Waals surface area (Å²) >= 11 is 3.33. The molecule has 156 valence electrons. The molecule has 0 fully saturated rings. The molecule has 0 unspecified atom stereocenters. The first kappa shape index (κ1) is 20.7. The zero-order valence-corrected chi connectivity index (χ0v) is 18.3. The number of esters is 1. The second-order valence-electron chi connectivity index (χ2n) is 6.60. The fourth-order valence-electron chi connectivity index (χ4n) is 3.05. The first-order chi connectivity index (χ1) is 15.0. The van der Waals surface area contributed by atoms with Gasteiger partial charge in [0.2, 0.25) is 11.2 Å². The Morgan fingerprint density at radius 1 is 0.968 bits per heavy atom. The average molecular weight is 481 g/mol. The number of methoxy groups -OCH3 is 1. The fourth-order valence-corrected chi connectivity index (χ4v) is 3.50. The summed E-state index contributed by atoms with van der Waals surface area (Å²) in [5, 5.41) is 0.302. The van der Waals surface area contributed by atoms with Crippen molar-refractivity contribution in [2.24, 2.45) is 0 Å². The molecule has 0 amide bonds. The van der Waals surface area contributed by atoms with Crippen LogP contribution in [-0.4, -0.2) is 13.1 Å². The van der Waals surface area contributed by atoms with Crippen molar-refractivity contribution in [1.82, 2.24) is 0 Å². The van der Waals surface area contributed by atoms with E-state index in [9.17, 15) is 9.59 Å². The lowest BCUT2D eigenvalue weighted by Gasteiger charge is -2.12. The summed E-state index contributed by atoms with van der Waals surface area (Å²) in [5.41, 5.74) is 0.335. The Bertz CT molecular complexity index is 1340. The molecule has 1 heterocycles. The third-order valence-electron chi connectivity index (χ3n) is 4.57. The van der Waals surface area contributed by atoms with Crippen LogP contribution in [0.4, 0.5) is 0 Å². The first-order valence-corrected chi connectivity index (χ1v) is 10.1. The van der Waals surface area contributed by atoms with E-state index in [1.165, 1.54) is 19.2 Å². The molecule has 0 radical (unpaired) electrons. The van der Waals surface area contributed by atoms with Gasteiger partial charge in [-0.05, 0) is 59.3 Å². The van der Waals surface area contributed by atoms with Crippen molar-refractivity contribution >= 4 is 32.9 Å². The van der Waals surface area contributed by atoms with E-state index in [0.717, 1.165) is 0 Å². The third kappa shape index (κ3) is 4.18. The molecule has 0 N–H and O–H groups in total. The van der Waals surface area contributed by atoms with Gasteiger partial charge in [0.25, 0.3) is 0 Å². The summed E-state index contributed by atoms with van der Waals surface area (Å²) in [7, 11) is 1.52. The van der Waals surface area contributed by atoms with E-state index in [1.54, 1.807) is 61.5 Å². The Balaban J connectivity index is 1.67. The van der Waals surface area contributed by atoms with Crippen molar-refractivity contribution in [3.05, 3.63) is 92.7 Å². The summed E-state index contributed by atoms with van der Waals surface area (Å²) in [4.78, 5) is 25.5. The Morgan fingerprint density at radius 3 is 2.42 bits per heavy atom. The molecule has 1 aromatic heterocycles. The summed E-state index contributed by atoms with van der Waals surface area (Å²) in [6.07, 6.45) is 0. The number of rotatable bonds is 5. The predicted octanol–water partition coefficient (Wildman–Crippen LogP) is 5.88. The molecule has 31 heavy (non-hydrogen) atoms. The highest BCUT2D eigenvalue weighted by Gasteiger charge is 2.17. The fraction of sp³-hybridized carbons (Fsp3) is 0.0833. The number of carbonyl (C=O) groups excluding carboxylic acids is 1. The molecule has 0 bridgehead atoms. The van der Waals surface area contributed by atoms with Crippen molar-refractivity contribution in [1.29, 1.82) is 0 Å². The standard InChI is InChI=1S/C24H17BrO6/c1-14-23(31-20-10-6-5-9-19(20)28-2)22(26)17-12-11-15(13-21(17)29-14)30-24(27)16-7-3-4-8-18(16)25/h3-13H,1-2H3. The van der Waals surface area contributed by atoms with Crippen molar-refractivity contribution in [3.8, 4) is 23.0 Å². The minimum Gasteiger partial charge on any atom is -0.493 e. The molecule has 6 nitrogen and oxygen atoms in total. The number of carbonyl (C=O) groups is 1. The quantitative estimate of drug-likeness (QED) is 0.262. The molecular formula is C24H17BrO6. The number of hydrogen-bond donors (Lipinski definition) is 0. The SMILES string of the molecule is COc1ccccc1Oc1c(C)oc2cc(OC(=O)c3ccccc3Br)ccc2c1=O. The van der Waals surface area contributed by atoms with E-state index in [0.29, 0.717) is 26.9 Å². The number of benzene rings is 3. The summed E-state index contributed by atoms with van der Waals surface area (Å²) in [5.74, 6) is 0.985. The van der Waals surface area contributed by atoms with Gasteiger partial charge in [-0.25, -0.2) is 4.79 Å². The number of aryl methyl sites for hydroxylation is 1. The Hall–Kier alpha value is -3.58. The van der Waals surface area contributed by atoms with Crippen LogP contribution in [0.1, 0.15) is 16.1 Å². The van der Waals surface area contributed by atoms with Crippen LogP contribution in [0.25, 0.3) is 11.0 Å². The minimum absolute atomic E-state index is 0.0648. The van der Waals surface area contributed by atoms with Crippen LogP contribution in [0.3, 0.4) is 0 Å². The van der Waals surface area contributed by atoms with Crippen molar-refractivity contribution in [2.75, 3.05) is 7.11 Å². The van der Waals surface area contributed by atoms with Gasteiger partial charge in [0, 0.05) is 10.5 Å². The lowest BCUT2D eigenvalue weighted by Crippen LogP contribution is -2.10. The van der Waals surface area contributed by atoms with Crippen LogP contribution in [0.15, 0.2) is 80.4 Å².